The fraction of sp³-hybridized carbons (Fsp3) is 0.700. The molecule has 0 saturated carbocycles. The molecule has 0 radical (unpaired) electrons. The van der Waals surface area contributed by atoms with Crippen molar-refractivity contribution in [3.63, 3.8) is 0 Å². The van der Waals surface area contributed by atoms with Crippen molar-refractivity contribution < 1.29 is 8.42 Å². The van der Waals surface area contributed by atoms with Gasteiger partial charge in [0.2, 0.25) is 0 Å². The summed E-state index contributed by atoms with van der Waals surface area (Å²) in [6, 6.07) is -0.0806. The lowest BCUT2D eigenvalue weighted by Gasteiger charge is -2.20. The van der Waals surface area contributed by atoms with Gasteiger partial charge < -0.3 is 4.98 Å². The maximum absolute atomic E-state index is 12.0. The molecule has 0 aromatic carbocycles. The summed E-state index contributed by atoms with van der Waals surface area (Å²) in [6.45, 7) is 5.71. The number of sulfonamides is 1. The maximum atomic E-state index is 12.0. The lowest BCUT2D eigenvalue weighted by molar-refractivity contribution is 0.439. The van der Waals surface area contributed by atoms with Crippen LogP contribution in [0.3, 0.4) is 0 Å². The first kappa shape index (κ1) is 14.7. The number of imidazole rings is 1. The van der Waals surface area contributed by atoms with Crippen molar-refractivity contribution in [2.24, 2.45) is 5.92 Å². The van der Waals surface area contributed by atoms with Gasteiger partial charge >= 0.3 is 0 Å². The molecule has 0 aliphatic carbocycles. The van der Waals surface area contributed by atoms with Crippen molar-refractivity contribution in [2.45, 2.75) is 38.3 Å². The molecule has 1 aromatic rings. The SMILES string of the molecule is Cc1ncc(S(=O)(=O)NC(CCBr)C(C)C)[nH]1. The molecule has 17 heavy (non-hydrogen) atoms. The molecular formula is C10H18BrN3O2S. The molecule has 1 aromatic heterocycles. The van der Waals surface area contributed by atoms with Gasteiger partial charge in [-0.2, -0.15) is 0 Å². The molecule has 1 heterocycles. The highest BCUT2D eigenvalue weighted by Gasteiger charge is 2.23. The molecule has 0 spiro atoms. The summed E-state index contributed by atoms with van der Waals surface area (Å²) in [4.78, 5) is 6.63. The highest BCUT2D eigenvalue weighted by Crippen LogP contribution is 2.13. The number of aromatic nitrogens is 2. The van der Waals surface area contributed by atoms with Crippen LogP contribution in [-0.2, 0) is 10.0 Å². The minimum atomic E-state index is -3.49. The Morgan fingerprint density at radius 3 is 2.59 bits per heavy atom. The van der Waals surface area contributed by atoms with E-state index in [4.69, 9.17) is 0 Å². The van der Waals surface area contributed by atoms with Crippen LogP contribution in [-0.4, -0.2) is 29.8 Å². The van der Waals surface area contributed by atoms with Gasteiger partial charge in [-0.1, -0.05) is 29.8 Å². The van der Waals surface area contributed by atoms with Crippen LogP contribution < -0.4 is 4.72 Å². The van der Waals surface area contributed by atoms with Crippen LogP contribution in [0.1, 0.15) is 26.1 Å². The average molecular weight is 324 g/mol. The molecule has 0 amide bonds. The molecule has 1 rings (SSSR count). The summed E-state index contributed by atoms with van der Waals surface area (Å²) in [5, 5.41) is 0.885. The molecular weight excluding hydrogens is 306 g/mol. The van der Waals surface area contributed by atoms with E-state index in [1.807, 2.05) is 13.8 Å². The van der Waals surface area contributed by atoms with E-state index in [1.54, 1.807) is 6.92 Å². The second kappa shape index (κ2) is 5.97. The van der Waals surface area contributed by atoms with Crippen LogP contribution in [0.5, 0.6) is 0 Å². The third-order valence-corrected chi connectivity index (χ3v) is 4.36. The van der Waals surface area contributed by atoms with Crippen molar-refractivity contribution >= 4 is 26.0 Å². The van der Waals surface area contributed by atoms with E-state index in [-0.39, 0.29) is 17.0 Å². The molecule has 5 nitrogen and oxygen atoms in total. The first-order valence-corrected chi connectivity index (χ1v) is 8.07. The van der Waals surface area contributed by atoms with Crippen molar-refractivity contribution in [3.05, 3.63) is 12.0 Å². The average Bonchev–Trinajstić information content (AvgIpc) is 2.64. The predicted molar refractivity (Wildman–Crippen MR) is 70.7 cm³/mol. The summed E-state index contributed by atoms with van der Waals surface area (Å²) in [6.07, 6.45) is 2.09. The Morgan fingerprint density at radius 1 is 1.53 bits per heavy atom. The van der Waals surface area contributed by atoms with Crippen LogP contribution in [0.25, 0.3) is 0 Å². The molecule has 0 saturated heterocycles. The third-order valence-electron chi connectivity index (χ3n) is 2.50. The van der Waals surface area contributed by atoms with Crippen LogP contribution in [0.4, 0.5) is 0 Å². The first-order valence-electron chi connectivity index (χ1n) is 5.46. The number of hydrogen-bond acceptors (Lipinski definition) is 3. The normalized spacial score (nSPS) is 14.2. The summed E-state index contributed by atoms with van der Waals surface area (Å²) < 4.78 is 26.8. The van der Waals surface area contributed by atoms with Gasteiger partial charge in [0.1, 0.15) is 5.82 Å². The molecule has 1 unspecified atom stereocenters. The number of aromatic amines is 1. The van der Waals surface area contributed by atoms with Gasteiger partial charge in [-0.15, -0.1) is 0 Å². The van der Waals surface area contributed by atoms with E-state index in [2.05, 4.69) is 30.6 Å². The van der Waals surface area contributed by atoms with Crippen molar-refractivity contribution in [2.75, 3.05) is 5.33 Å². The second-order valence-electron chi connectivity index (χ2n) is 4.28. The molecule has 2 N–H and O–H groups in total. The number of nitrogens with one attached hydrogen (secondary N) is 2. The highest BCUT2D eigenvalue weighted by atomic mass is 79.9. The van der Waals surface area contributed by atoms with Gasteiger partial charge in [0.25, 0.3) is 10.0 Å². The summed E-state index contributed by atoms with van der Waals surface area (Å²) in [5.41, 5.74) is 0. The van der Waals surface area contributed by atoms with Crippen LogP contribution >= 0.6 is 15.9 Å². The molecule has 0 aliphatic heterocycles. The van der Waals surface area contributed by atoms with Crippen molar-refractivity contribution in [1.82, 2.24) is 14.7 Å². The van der Waals surface area contributed by atoms with E-state index >= 15 is 0 Å². The molecule has 0 fully saturated rings. The van der Waals surface area contributed by atoms with Gasteiger partial charge in [-0.05, 0) is 19.3 Å². The van der Waals surface area contributed by atoms with Gasteiger partial charge in [0, 0.05) is 11.4 Å². The Labute approximate surface area is 111 Å². The number of hydrogen-bond donors (Lipinski definition) is 2. The third kappa shape index (κ3) is 4.08. The van der Waals surface area contributed by atoms with Crippen molar-refractivity contribution in [1.29, 1.82) is 0 Å². The zero-order valence-corrected chi connectivity index (χ0v) is 12.6. The van der Waals surface area contributed by atoms with E-state index in [1.165, 1.54) is 6.20 Å². The van der Waals surface area contributed by atoms with Gasteiger partial charge in [-0.3, -0.25) is 0 Å². The maximum Gasteiger partial charge on any atom is 0.257 e. The number of nitrogens with zero attached hydrogens (tertiary/aromatic N) is 1. The zero-order chi connectivity index (χ0) is 13.1. The molecule has 0 bridgehead atoms. The minimum Gasteiger partial charge on any atom is -0.332 e. The van der Waals surface area contributed by atoms with Gasteiger partial charge in [-0.25, -0.2) is 18.1 Å². The zero-order valence-electron chi connectivity index (χ0n) is 10.2. The molecule has 0 aliphatic rings. The smallest absolute Gasteiger partial charge is 0.257 e. The molecule has 7 heteroatoms. The van der Waals surface area contributed by atoms with Crippen LogP contribution in [0.15, 0.2) is 11.2 Å². The van der Waals surface area contributed by atoms with E-state index in [0.717, 1.165) is 11.8 Å². The fourth-order valence-corrected chi connectivity index (χ4v) is 3.33. The number of H-pyrrole nitrogens is 1. The van der Waals surface area contributed by atoms with E-state index in [9.17, 15) is 8.42 Å². The quantitative estimate of drug-likeness (QED) is 0.784. The van der Waals surface area contributed by atoms with Gasteiger partial charge in [0.05, 0.1) is 6.20 Å². The summed E-state index contributed by atoms with van der Waals surface area (Å²) in [7, 11) is -3.49. The Morgan fingerprint density at radius 2 is 2.18 bits per heavy atom. The standard InChI is InChI=1S/C10H18BrN3O2S/c1-7(2)9(4-5-11)14-17(15,16)10-6-12-8(3)13-10/h6-7,9,14H,4-5H2,1-3H3,(H,12,13). The fourth-order valence-electron chi connectivity index (χ4n) is 1.44. The Kier molecular flexibility index (Phi) is 5.15. The van der Waals surface area contributed by atoms with E-state index in [0.29, 0.717) is 5.82 Å². The van der Waals surface area contributed by atoms with E-state index < -0.39 is 10.0 Å². The molecule has 98 valence electrons. The lowest BCUT2D eigenvalue weighted by Crippen LogP contribution is -2.38. The number of rotatable bonds is 6. The lowest BCUT2D eigenvalue weighted by atomic mass is 10.0. The Bertz CT molecular complexity index is 456. The minimum absolute atomic E-state index is 0.0806. The van der Waals surface area contributed by atoms with Crippen LogP contribution in [0.2, 0.25) is 0 Å². The Balaban J connectivity index is 2.84. The van der Waals surface area contributed by atoms with Gasteiger partial charge in [0.15, 0.2) is 5.03 Å². The molecule has 1 atom stereocenters. The highest BCUT2D eigenvalue weighted by molar-refractivity contribution is 9.09. The number of halogens is 1. The second-order valence-corrected chi connectivity index (χ2v) is 6.76. The summed E-state index contributed by atoms with van der Waals surface area (Å²) in [5.74, 6) is 0.832. The summed E-state index contributed by atoms with van der Waals surface area (Å²) >= 11 is 3.33. The topological polar surface area (TPSA) is 74.8 Å². The Hall–Kier alpha value is -0.400. The number of aryl methyl sites for hydroxylation is 1. The number of alkyl halides is 1. The first-order chi connectivity index (χ1) is 7.86. The van der Waals surface area contributed by atoms with Crippen LogP contribution in [0, 0.1) is 12.8 Å². The monoisotopic (exact) mass is 323 g/mol. The predicted octanol–water partition coefficient (Wildman–Crippen LogP) is 1.81. The largest absolute Gasteiger partial charge is 0.332 e. The van der Waals surface area contributed by atoms with Crippen molar-refractivity contribution in [3.8, 4) is 0 Å².